The van der Waals surface area contributed by atoms with E-state index in [0.29, 0.717) is 6.61 Å². The van der Waals surface area contributed by atoms with Crippen LogP contribution in [0.1, 0.15) is 34.6 Å². The Bertz CT molecular complexity index is 224. The molecule has 0 radical (unpaired) electrons. The molecule has 0 amide bonds. The monoisotopic (exact) mass is 266 g/mol. The van der Waals surface area contributed by atoms with E-state index in [1.807, 2.05) is 0 Å². The largest absolute Gasteiger partial charge is 0.464 e. The standard InChI is InChI=1S/C11H24O3Si.H2S/c1-8-13-10(12)9(2)14-15(6,7)11(3,4)5;/h9H,8H2,1-7H3;1H2/t9-;/m0./s1. The molecular weight excluding hydrogens is 240 g/mol. The summed E-state index contributed by atoms with van der Waals surface area (Å²) in [7, 11) is -1.86. The predicted octanol–water partition coefficient (Wildman–Crippen LogP) is 3.07. The summed E-state index contributed by atoms with van der Waals surface area (Å²) in [5.74, 6) is -0.262. The Kier molecular flexibility index (Phi) is 7.65. The quantitative estimate of drug-likeness (QED) is 0.579. The molecule has 0 aliphatic heterocycles. The van der Waals surface area contributed by atoms with Crippen LogP contribution >= 0.6 is 13.5 Å². The fraction of sp³-hybridized carbons (Fsp3) is 0.909. The van der Waals surface area contributed by atoms with Crippen molar-refractivity contribution < 1.29 is 14.0 Å². The van der Waals surface area contributed by atoms with Crippen LogP contribution in [0, 0.1) is 0 Å². The summed E-state index contributed by atoms with van der Waals surface area (Å²) < 4.78 is 10.8. The molecule has 0 spiro atoms. The Hall–Kier alpha value is -0.00312. The maximum Gasteiger partial charge on any atom is 0.333 e. The lowest BCUT2D eigenvalue weighted by atomic mass is 10.2. The number of rotatable bonds is 4. The fourth-order valence-corrected chi connectivity index (χ4v) is 2.26. The highest BCUT2D eigenvalue weighted by molar-refractivity contribution is 7.59. The van der Waals surface area contributed by atoms with Gasteiger partial charge in [-0.2, -0.15) is 13.5 Å². The average molecular weight is 266 g/mol. The Morgan fingerprint density at radius 2 is 1.75 bits per heavy atom. The molecule has 0 fully saturated rings. The molecule has 3 nitrogen and oxygen atoms in total. The van der Waals surface area contributed by atoms with Crippen LogP contribution in [0.25, 0.3) is 0 Å². The second-order valence-electron chi connectivity index (χ2n) is 5.27. The fourth-order valence-electron chi connectivity index (χ4n) is 0.926. The molecule has 98 valence electrons. The van der Waals surface area contributed by atoms with E-state index in [9.17, 15) is 4.79 Å². The van der Waals surface area contributed by atoms with Gasteiger partial charge >= 0.3 is 5.97 Å². The maximum absolute atomic E-state index is 11.4. The summed E-state index contributed by atoms with van der Waals surface area (Å²) in [6.45, 7) is 14.7. The van der Waals surface area contributed by atoms with Gasteiger partial charge in [0.2, 0.25) is 0 Å². The highest BCUT2D eigenvalue weighted by Gasteiger charge is 2.39. The van der Waals surface area contributed by atoms with E-state index in [1.165, 1.54) is 0 Å². The lowest BCUT2D eigenvalue weighted by molar-refractivity contribution is -0.151. The smallest absolute Gasteiger partial charge is 0.333 e. The SMILES string of the molecule is CCOC(=O)[C@H](C)O[Si](C)(C)C(C)(C)C.S. The van der Waals surface area contributed by atoms with Crippen LogP contribution in [0.4, 0.5) is 0 Å². The van der Waals surface area contributed by atoms with E-state index in [4.69, 9.17) is 9.16 Å². The van der Waals surface area contributed by atoms with Gasteiger partial charge in [-0.3, -0.25) is 0 Å². The molecule has 1 atom stereocenters. The minimum atomic E-state index is -1.86. The van der Waals surface area contributed by atoms with Crippen molar-refractivity contribution in [2.24, 2.45) is 0 Å². The molecule has 0 aliphatic rings. The van der Waals surface area contributed by atoms with Gasteiger partial charge in [-0.05, 0) is 32.0 Å². The Morgan fingerprint density at radius 3 is 2.06 bits per heavy atom. The Morgan fingerprint density at radius 1 is 1.31 bits per heavy atom. The van der Waals surface area contributed by atoms with Crippen molar-refractivity contribution in [3.63, 3.8) is 0 Å². The van der Waals surface area contributed by atoms with Gasteiger partial charge in [-0.15, -0.1) is 0 Å². The molecule has 0 saturated heterocycles. The molecular formula is C11H26O3SSi. The summed E-state index contributed by atoms with van der Waals surface area (Å²) >= 11 is 0. The Labute approximate surface area is 107 Å². The lowest BCUT2D eigenvalue weighted by Gasteiger charge is -2.37. The average Bonchev–Trinajstić information content (AvgIpc) is 2.01. The maximum atomic E-state index is 11.4. The summed E-state index contributed by atoms with van der Waals surface area (Å²) in [5, 5.41) is 0.119. The number of hydrogen-bond acceptors (Lipinski definition) is 3. The van der Waals surface area contributed by atoms with E-state index < -0.39 is 14.4 Å². The molecule has 0 rings (SSSR count). The van der Waals surface area contributed by atoms with Gasteiger partial charge in [0.1, 0.15) is 6.10 Å². The number of carbonyl (C=O) groups excluding carboxylic acids is 1. The minimum absolute atomic E-state index is 0. The molecule has 0 N–H and O–H groups in total. The van der Waals surface area contributed by atoms with Gasteiger partial charge < -0.3 is 9.16 Å². The first-order valence-corrected chi connectivity index (χ1v) is 8.37. The molecule has 0 aromatic rings. The number of hydrogen-bond donors (Lipinski definition) is 0. The van der Waals surface area contributed by atoms with Crippen LogP contribution in [-0.2, 0) is 14.0 Å². The third kappa shape index (κ3) is 5.36. The van der Waals surface area contributed by atoms with Crippen molar-refractivity contribution in [2.45, 2.75) is 58.9 Å². The molecule has 5 heteroatoms. The van der Waals surface area contributed by atoms with Crippen molar-refractivity contribution >= 4 is 27.8 Å². The number of esters is 1. The van der Waals surface area contributed by atoms with E-state index >= 15 is 0 Å². The minimum Gasteiger partial charge on any atom is -0.464 e. The topological polar surface area (TPSA) is 35.5 Å². The first kappa shape index (κ1) is 18.4. The highest BCUT2D eigenvalue weighted by atomic mass is 32.1. The molecule has 0 heterocycles. The molecule has 0 saturated carbocycles. The highest BCUT2D eigenvalue weighted by Crippen LogP contribution is 2.37. The van der Waals surface area contributed by atoms with Crippen LogP contribution in [0.3, 0.4) is 0 Å². The van der Waals surface area contributed by atoms with Crippen LogP contribution in [0.15, 0.2) is 0 Å². The van der Waals surface area contributed by atoms with Crippen LogP contribution < -0.4 is 0 Å². The predicted molar refractivity (Wildman–Crippen MR) is 74.8 cm³/mol. The van der Waals surface area contributed by atoms with Crippen LogP contribution in [0.2, 0.25) is 18.1 Å². The molecule has 0 aromatic heterocycles. The second kappa shape index (κ2) is 6.66. The van der Waals surface area contributed by atoms with E-state index in [1.54, 1.807) is 13.8 Å². The first-order chi connectivity index (χ1) is 6.62. The summed E-state index contributed by atoms with van der Waals surface area (Å²) in [6.07, 6.45) is -0.453. The zero-order valence-corrected chi connectivity index (χ0v) is 13.5. The van der Waals surface area contributed by atoms with Gasteiger partial charge in [-0.1, -0.05) is 20.8 Å². The van der Waals surface area contributed by atoms with Crippen LogP contribution in [-0.4, -0.2) is 27.0 Å². The van der Waals surface area contributed by atoms with Crippen LogP contribution in [0.5, 0.6) is 0 Å². The first-order valence-electron chi connectivity index (χ1n) is 5.46. The number of carbonyl (C=O) groups is 1. The molecule has 0 unspecified atom stereocenters. The van der Waals surface area contributed by atoms with Gasteiger partial charge in [0.25, 0.3) is 0 Å². The molecule has 0 aromatic carbocycles. The van der Waals surface area contributed by atoms with Gasteiger partial charge in [0.05, 0.1) is 6.61 Å². The third-order valence-corrected chi connectivity index (χ3v) is 7.45. The zero-order chi connectivity index (χ0) is 12.3. The van der Waals surface area contributed by atoms with Gasteiger partial charge in [0.15, 0.2) is 8.32 Å². The van der Waals surface area contributed by atoms with Crippen molar-refractivity contribution in [1.82, 2.24) is 0 Å². The summed E-state index contributed by atoms with van der Waals surface area (Å²) in [6, 6.07) is 0. The van der Waals surface area contributed by atoms with E-state index in [-0.39, 0.29) is 24.5 Å². The normalized spacial score (nSPS) is 13.9. The number of ether oxygens (including phenoxy) is 1. The van der Waals surface area contributed by atoms with Crippen molar-refractivity contribution in [3.05, 3.63) is 0 Å². The molecule has 16 heavy (non-hydrogen) atoms. The zero-order valence-electron chi connectivity index (χ0n) is 11.5. The van der Waals surface area contributed by atoms with E-state index in [0.717, 1.165) is 0 Å². The third-order valence-electron chi connectivity index (χ3n) is 2.90. The Balaban J connectivity index is 0. The van der Waals surface area contributed by atoms with Crippen molar-refractivity contribution in [3.8, 4) is 0 Å². The van der Waals surface area contributed by atoms with Gasteiger partial charge in [-0.25, -0.2) is 4.79 Å². The summed E-state index contributed by atoms with van der Waals surface area (Å²) in [4.78, 5) is 11.4. The molecule has 0 aliphatic carbocycles. The van der Waals surface area contributed by atoms with Crippen molar-refractivity contribution in [1.29, 1.82) is 0 Å². The van der Waals surface area contributed by atoms with Crippen molar-refractivity contribution in [2.75, 3.05) is 6.61 Å². The summed E-state index contributed by atoms with van der Waals surface area (Å²) in [5.41, 5.74) is 0. The lowest BCUT2D eigenvalue weighted by Crippen LogP contribution is -2.45. The van der Waals surface area contributed by atoms with E-state index in [2.05, 4.69) is 33.9 Å². The molecule has 0 bridgehead atoms. The second-order valence-corrected chi connectivity index (χ2v) is 10.0. The van der Waals surface area contributed by atoms with Gasteiger partial charge in [0, 0.05) is 0 Å².